The molecule has 2 N–H and O–H groups in total. The van der Waals surface area contributed by atoms with Crippen molar-refractivity contribution in [1.29, 1.82) is 0 Å². The maximum absolute atomic E-state index is 9.53. The van der Waals surface area contributed by atoms with Crippen LogP contribution in [0.2, 0.25) is 0 Å². The SMILES string of the molecule is Cc1cc(NCc2ccc3c(c2)OCCCO3)ccc1O. The van der Waals surface area contributed by atoms with Crippen LogP contribution in [-0.2, 0) is 6.54 Å². The number of ether oxygens (including phenoxy) is 2. The Morgan fingerprint density at radius 3 is 2.67 bits per heavy atom. The summed E-state index contributed by atoms with van der Waals surface area (Å²) in [6, 6.07) is 11.5. The van der Waals surface area contributed by atoms with Gasteiger partial charge in [0, 0.05) is 18.7 Å². The van der Waals surface area contributed by atoms with Gasteiger partial charge in [-0.3, -0.25) is 0 Å². The number of aromatic hydroxyl groups is 1. The predicted octanol–water partition coefficient (Wildman–Crippen LogP) is 3.47. The first-order chi connectivity index (χ1) is 10.2. The van der Waals surface area contributed by atoms with Crippen LogP contribution in [0.25, 0.3) is 0 Å². The molecule has 0 atom stereocenters. The number of phenols is 1. The van der Waals surface area contributed by atoms with Crippen molar-refractivity contribution < 1.29 is 14.6 Å². The number of benzene rings is 2. The van der Waals surface area contributed by atoms with Crippen molar-refractivity contribution in [3.05, 3.63) is 47.5 Å². The van der Waals surface area contributed by atoms with Gasteiger partial charge in [-0.2, -0.15) is 0 Å². The van der Waals surface area contributed by atoms with Crippen molar-refractivity contribution in [2.45, 2.75) is 19.9 Å². The van der Waals surface area contributed by atoms with E-state index in [1.807, 2.05) is 37.3 Å². The molecule has 110 valence electrons. The lowest BCUT2D eigenvalue weighted by molar-refractivity contribution is 0.297. The van der Waals surface area contributed by atoms with Gasteiger partial charge >= 0.3 is 0 Å². The van der Waals surface area contributed by atoms with Crippen LogP contribution in [0.1, 0.15) is 17.5 Å². The van der Waals surface area contributed by atoms with Crippen LogP contribution < -0.4 is 14.8 Å². The zero-order chi connectivity index (χ0) is 14.7. The van der Waals surface area contributed by atoms with Crippen LogP contribution in [-0.4, -0.2) is 18.3 Å². The average molecular weight is 285 g/mol. The lowest BCUT2D eigenvalue weighted by Gasteiger charge is -2.11. The van der Waals surface area contributed by atoms with Crippen molar-refractivity contribution in [3.63, 3.8) is 0 Å². The highest BCUT2D eigenvalue weighted by Gasteiger charge is 2.10. The number of hydrogen-bond acceptors (Lipinski definition) is 4. The molecule has 1 aliphatic heterocycles. The van der Waals surface area contributed by atoms with Crippen LogP contribution in [0.3, 0.4) is 0 Å². The van der Waals surface area contributed by atoms with Gasteiger partial charge in [0.1, 0.15) is 5.75 Å². The molecule has 1 aliphatic rings. The summed E-state index contributed by atoms with van der Waals surface area (Å²) in [6.07, 6.45) is 0.912. The lowest BCUT2D eigenvalue weighted by Crippen LogP contribution is -2.00. The first-order valence-electron chi connectivity index (χ1n) is 7.14. The standard InChI is InChI=1S/C17H19NO3/c1-12-9-14(4-5-15(12)19)18-11-13-3-6-16-17(10-13)21-8-2-7-20-16/h3-6,9-10,18-19H,2,7-8,11H2,1H3. The van der Waals surface area contributed by atoms with Gasteiger partial charge in [-0.25, -0.2) is 0 Å². The third-order valence-electron chi connectivity index (χ3n) is 3.51. The minimum atomic E-state index is 0.316. The Morgan fingerprint density at radius 1 is 1.05 bits per heavy atom. The van der Waals surface area contributed by atoms with E-state index in [4.69, 9.17) is 9.47 Å². The molecular weight excluding hydrogens is 266 g/mol. The van der Waals surface area contributed by atoms with Gasteiger partial charge in [-0.1, -0.05) is 6.07 Å². The molecular formula is C17H19NO3. The fraction of sp³-hybridized carbons (Fsp3) is 0.294. The van der Waals surface area contributed by atoms with Gasteiger partial charge in [0.15, 0.2) is 11.5 Å². The lowest BCUT2D eigenvalue weighted by atomic mass is 10.1. The molecule has 1 heterocycles. The number of fused-ring (bicyclic) bond motifs is 1. The van der Waals surface area contributed by atoms with Crippen LogP contribution in [0.15, 0.2) is 36.4 Å². The van der Waals surface area contributed by atoms with E-state index in [9.17, 15) is 5.11 Å². The summed E-state index contributed by atoms with van der Waals surface area (Å²) in [7, 11) is 0. The summed E-state index contributed by atoms with van der Waals surface area (Å²) in [5.74, 6) is 1.95. The van der Waals surface area contributed by atoms with Crippen molar-refractivity contribution in [2.24, 2.45) is 0 Å². The molecule has 4 heteroatoms. The molecule has 0 aliphatic carbocycles. The van der Waals surface area contributed by atoms with Gasteiger partial charge < -0.3 is 19.9 Å². The Labute approximate surface area is 124 Å². The summed E-state index contributed by atoms with van der Waals surface area (Å²) in [4.78, 5) is 0. The number of phenolic OH excluding ortho intramolecular Hbond substituents is 1. The van der Waals surface area contributed by atoms with E-state index in [0.717, 1.165) is 34.7 Å². The highest BCUT2D eigenvalue weighted by Crippen LogP contribution is 2.30. The molecule has 4 nitrogen and oxygen atoms in total. The van der Waals surface area contributed by atoms with Crippen molar-refractivity contribution in [1.82, 2.24) is 0 Å². The second-order valence-electron chi connectivity index (χ2n) is 5.19. The smallest absolute Gasteiger partial charge is 0.161 e. The van der Waals surface area contributed by atoms with E-state index in [1.54, 1.807) is 6.07 Å². The number of rotatable bonds is 3. The third kappa shape index (κ3) is 3.21. The molecule has 3 rings (SSSR count). The molecule has 0 radical (unpaired) electrons. The molecule has 2 aromatic rings. The molecule has 21 heavy (non-hydrogen) atoms. The highest BCUT2D eigenvalue weighted by molar-refractivity contribution is 5.51. The summed E-state index contributed by atoms with van der Waals surface area (Å²) in [6.45, 7) is 3.98. The molecule has 0 aromatic heterocycles. The Bertz CT molecular complexity index is 640. The van der Waals surface area contributed by atoms with E-state index in [1.165, 1.54) is 0 Å². The van der Waals surface area contributed by atoms with Gasteiger partial charge in [0.25, 0.3) is 0 Å². The number of anilines is 1. The second kappa shape index (κ2) is 5.95. The highest BCUT2D eigenvalue weighted by atomic mass is 16.5. The molecule has 0 spiro atoms. The second-order valence-corrected chi connectivity index (χ2v) is 5.19. The first kappa shape index (κ1) is 13.6. The van der Waals surface area contributed by atoms with Crippen LogP contribution in [0.4, 0.5) is 5.69 Å². The number of nitrogens with one attached hydrogen (secondary N) is 1. The average Bonchev–Trinajstić information content (AvgIpc) is 2.73. The fourth-order valence-corrected chi connectivity index (χ4v) is 2.29. The minimum absolute atomic E-state index is 0.316. The van der Waals surface area contributed by atoms with Crippen molar-refractivity contribution in [2.75, 3.05) is 18.5 Å². The molecule has 0 saturated carbocycles. The Morgan fingerprint density at radius 2 is 1.86 bits per heavy atom. The van der Waals surface area contributed by atoms with Crippen LogP contribution >= 0.6 is 0 Å². The topological polar surface area (TPSA) is 50.7 Å². The van der Waals surface area contributed by atoms with E-state index in [0.29, 0.717) is 25.5 Å². The Balaban J connectivity index is 1.70. The summed E-state index contributed by atoms with van der Waals surface area (Å²) in [5, 5.41) is 12.9. The Hall–Kier alpha value is -2.36. The quantitative estimate of drug-likeness (QED) is 0.848. The van der Waals surface area contributed by atoms with Gasteiger partial charge in [0.05, 0.1) is 13.2 Å². The van der Waals surface area contributed by atoms with E-state index in [-0.39, 0.29) is 0 Å². The van der Waals surface area contributed by atoms with Crippen molar-refractivity contribution >= 4 is 5.69 Å². The molecule has 0 saturated heterocycles. The molecule has 2 aromatic carbocycles. The largest absolute Gasteiger partial charge is 0.508 e. The van der Waals surface area contributed by atoms with E-state index >= 15 is 0 Å². The minimum Gasteiger partial charge on any atom is -0.508 e. The zero-order valence-electron chi connectivity index (χ0n) is 12.1. The maximum atomic E-state index is 9.53. The molecule has 0 fully saturated rings. The fourth-order valence-electron chi connectivity index (χ4n) is 2.29. The first-order valence-corrected chi connectivity index (χ1v) is 7.14. The Kier molecular flexibility index (Phi) is 3.86. The van der Waals surface area contributed by atoms with Gasteiger partial charge in [-0.15, -0.1) is 0 Å². The zero-order valence-corrected chi connectivity index (χ0v) is 12.1. The van der Waals surface area contributed by atoms with E-state index < -0.39 is 0 Å². The predicted molar refractivity (Wildman–Crippen MR) is 82.2 cm³/mol. The summed E-state index contributed by atoms with van der Waals surface area (Å²) in [5.41, 5.74) is 2.97. The van der Waals surface area contributed by atoms with Crippen LogP contribution in [0, 0.1) is 6.92 Å². The number of hydrogen-bond donors (Lipinski definition) is 2. The summed E-state index contributed by atoms with van der Waals surface area (Å²) >= 11 is 0. The van der Waals surface area contributed by atoms with Gasteiger partial charge in [-0.05, 0) is 48.4 Å². The monoisotopic (exact) mass is 285 g/mol. The molecule has 0 bridgehead atoms. The maximum Gasteiger partial charge on any atom is 0.161 e. The van der Waals surface area contributed by atoms with Gasteiger partial charge in [0.2, 0.25) is 0 Å². The normalized spacial score (nSPS) is 13.6. The van der Waals surface area contributed by atoms with Crippen molar-refractivity contribution in [3.8, 4) is 17.2 Å². The third-order valence-corrected chi connectivity index (χ3v) is 3.51. The number of aryl methyl sites for hydroxylation is 1. The van der Waals surface area contributed by atoms with Crippen LogP contribution in [0.5, 0.6) is 17.2 Å². The van der Waals surface area contributed by atoms with E-state index in [2.05, 4.69) is 5.32 Å². The summed E-state index contributed by atoms with van der Waals surface area (Å²) < 4.78 is 11.3. The molecule has 0 amide bonds. The molecule has 0 unspecified atom stereocenters.